The van der Waals surface area contributed by atoms with Gasteiger partial charge in [-0.05, 0) is 43.2 Å². The third kappa shape index (κ3) is 6.63. The smallest absolute Gasteiger partial charge is 0.454 e. The van der Waals surface area contributed by atoms with Crippen LogP contribution >= 0.6 is 0 Å². The van der Waals surface area contributed by atoms with Gasteiger partial charge in [0, 0.05) is 12.1 Å². The molecule has 2 rings (SSSR count). The van der Waals surface area contributed by atoms with Crippen LogP contribution in [0.2, 0.25) is 0 Å². The number of benzene rings is 1. The molecule has 0 fully saturated rings. The van der Waals surface area contributed by atoms with Crippen molar-refractivity contribution in [3.8, 4) is 6.07 Å². The summed E-state index contributed by atoms with van der Waals surface area (Å²) in [4.78, 5) is 12.0. The fraction of sp³-hybridized carbons (Fsp3) is 0.519. The van der Waals surface area contributed by atoms with E-state index in [2.05, 4.69) is 31.9 Å². The summed E-state index contributed by atoms with van der Waals surface area (Å²) in [5, 5.41) is 14.7. The normalized spacial score (nSPS) is 13.0. The lowest BCUT2D eigenvalue weighted by Crippen LogP contribution is -2.15. The maximum atomic E-state index is 12.0. The van der Waals surface area contributed by atoms with Crippen LogP contribution in [0, 0.1) is 31.1 Å². The fourth-order valence-corrected chi connectivity index (χ4v) is 3.34. The van der Waals surface area contributed by atoms with Gasteiger partial charge in [0.05, 0.1) is 12.3 Å². The van der Waals surface area contributed by atoms with Crippen molar-refractivity contribution in [2.75, 3.05) is 13.4 Å². The highest BCUT2D eigenvalue weighted by Crippen LogP contribution is 2.32. The van der Waals surface area contributed by atoms with E-state index in [9.17, 15) is 10.1 Å². The molecule has 184 valence electrons. The minimum absolute atomic E-state index is 0.00755. The average Bonchev–Trinajstić information content (AvgIpc) is 3.09. The zero-order chi connectivity index (χ0) is 25.5. The summed E-state index contributed by atoms with van der Waals surface area (Å²) < 4.78 is 18.0. The van der Waals surface area contributed by atoms with Crippen molar-refractivity contribution >= 4 is 17.5 Å². The Labute approximate surface area is 203 Å². The Morgan fingerprint density at radius 1 is 1.12 bits per heavy atom. The number of carbonyl (C=O) groups is 1. The second kappa shape index (κ2) is 11.7. The van der Waals surface area contributed by atoms with Crippen molar-refractivity contribution in [2.24, 2.45) is 5.92 Å². The van der Waals surface area contributed by atoms with Gasteiger partial charge in [-0.25, -0.2) is 4.79 Å². The van der Waals surface area contributed by atoms with Crippen molar-refractivity contribution in [1.82, 2.24) is 9.78 Å². The second-order valence-corrected chi connectivity index (χ2v) is 9.50. The van der Waals surface area contributed by atoms with Gasteiger partial charge in [-0.1, -0.05) is 65.3 Å². The Morgan fingerprint density at radius 3 is 2.29 bits per heavy atom. The molecule has 1 unspecified atom stereocenters. The van der Waals surface area contributed by atoms with Crippen LogP contribution in [0.5, 0.6) is 0 Å². The third-order valence-electron chi connectivity index (χ3n) is 5.88. The molecule has 0 aliphatic rings. The Bertz CT molecular complexity index is 1050. The van der Waals surface area contributed by atoms with Gasteiger partial charge in [0.2, 0.25) is 6.79 Å². The molecule has 2 aromatic rings. The van der Waals surface area contributed by atoms with Crippen molar-refractivity contribution in [3.05, 3.63) is 52.3 Å². The van der Waals surface area contributed by atoms with Crippen LogP contribution in [-0.2, 0) is 26.2 Å². The van der Waals surface area contributed by atoms with Gasteiger partial charge >= 0.3 is 6.16 Å². The van der Waals surface area contributed by atoms with E-state index in [0.717, 1.165) is 23.2 Å². The maximum absolute atomic E-state index is 12.0. The van der Waals surface area contributed by atoms with E-state index in [1.165, 1.54) is 0 Å². The first-order valence-corrected chi connectivity index (χ1v) is 11.7. The lowest BCUT2D eigenvalue weighted by Gasteiger charge is -2.19. The Balaban J connectivity index is 2.43. The van der Waals surface area contributed by atoms with Crippen molar-refractivity contribution < 1.29 is 19.0 Å². The molecule has 0 N–H and O–H groups in total. The molecule has 1 heterocycles. The topological polar surface area (TPSA) is 86.4 Å². The van der Waals surface area contributed by atoms with Crippen molar-refractivity contribution in [2.45, 2.75) is 73.8 Å². The lowest BCUT2D eigenvalue weighted by atomic mass is 9.86. The highest BCUT2D eigenvalue weighted by molar-refractivity contribution is 5.94. The van der Waals surface area contributed by atoms with Crippen LogP contribution in [-0.4, -0.2) is 29.3 Å². The van der Waals surface area contributed by atoms with Gasteiger partial charge in [0.15, 0.2) is 5.76 Å². The Kier molecular flexibility index (Phi) is 9.31. The predicted octanol–water partition coefficient (Wildman–Crippen LogP) is 6.38. The Morgan fingerprint density at radius 2 is 1.76 bits per heavy atom. The number of nitriles is 1. The molecular weight excluding hydrogens is 430 g/mol. The van der Waals surface area contributed by atoms with E-state index in [0.29, 0.717) is 29.1 Å². The largest absolute Gasteiger partial charge is 0.511 e. The van der Waals surface area contributed by atoms with E-state index in [1.54, 1.807) is 4.68 Å². The number of carbonyl (C=O) groups excluding carboxylic acids is 1. The molecule has 0 radical (unpaired) electrons. The van der Waals surface area contributed by atoms with E-state index < -0.39 is 6.16 Å². The molecule has 0 saturated carbocycles. The van der Waals surface area contributed by atoms with Gasteiger partial charge in [0.25, 0.3) is 0 Å². The van der Waals surface area contributed by atoms with Crippen LogP contribution < -0.4 is 0 Å². The minimum atomic E-state index is -0.801. The second-order valence-electron chi connectivity index (χ2n) is 9.50. The number of allylic oxidation sites excluding steroid dienone is 1. The molecule has 0 aliphatic heterocycles. The van der Waals surface area contributed by atoms with Crippen LogP contribution in [0.1, 0.15) is 76.0 Å². The summed E-state index contributed by atoms with van der Waals surface area (Å²) in [6, 6.07) is 10.2. The van der Waals surface area contributed by atoms with Crippen LogP contribution in [0.4, 0.5) is 4.79 Å². The van der Waals surface area contributed by atoms with Gasteiger partial charge in [0.1, 0.15) is 17.3 Å². The van der Waals surface area contributed by atoms with Gasteiger partial charge in [-0.15, -0.1) is 0 Å². The predicted molar refractivity (Wildman–Crippen MR) is 133 cm³/mol. The fourth-order valence-electron chi connectivity index (χ4n) is 3.34. The van der Waals surface area contributed by atoms with Crippen LogP contribution in [0.25, 0.3) is 11.3 Å². The SMILES string of the molecule is CCC(C)COC(=O)OCO/C(=C(/C#N)c1ccc(C(C)(C)C)cc1)c1c(C)c(C)nn1CC. The van der Waals surface area contributed by atoms with E-state index >= 15 is 0 Å². The van der Waals surface area contributed by atoms with E-state index in [1.807, 2.05) is 58.9 Å². The first kappa shape index (κ1) is 27.0. The zero-order valence-electron chi connectivity index (χ0n) is 21.7. The standard InChI is InChI=1S/C27H37N3O4/c1-9-18(3)16-32-26(31)34-17-33-25(24-19(4)20(5)29-30(24)10-2)23(15-28)21-11-13-22(14-12-21)27(6,7)8/h11-14,18H,9-10,16-17H2,1-8H3/b25-23-. The van der Waals surface area contributed by atoms with Gasteiger partial charge in [-0.2, -0.15) is 10.4 Å². The molecule has 0 amide bonds. The van der Waals surface area contributed by atoms with Crippen LogP contribution in [0.15, 0.2) is 24.3 Å². The number of hydrogen-bond donors (Lipinski definition) is 0. The van der Waals surface area contributed by atoms with Crippen molar-refractivity contribution in [1.29, 1.82) is 5.26 Å². The molecule has 7 heteroatoms. The van der Waals surface area contributed by atoms with Gasteiger partial charge < -0.3 is 14.2 Å². The number of hydrogen-bond acceptors (Lipinski definition) is 6. The molecule has 34 heavy (non-hydrogen) atoms. The maximum Gasteiger partial charge on any atom is 0.511 e. The number of aromatic nitrogens is 2. The molecule has 7 nitrogen and oxygen atoms in total. The quantitative estimate of drug-likeness (QED) is 0.184. The minimum Gasteiger partial charge on any atom is -0.454 e. The number of nitrogens with zero attached hydrogens (tertiary/aromatic N) is 3. The molecule has 0 aliphatic carbocycles. The summed E-state index contributed by atoms with van der Waals surface area (Å²) in [5.74, 6) is 0.565. The third-order valence-corrected chi connectivity index (χ3v) is 5.88. The van der Waals surface area contributed by atoms with Gasteiger partial charge in [-0.3, -0.25) is 4.68 Å². The molecule has 0 spiro atoms. The molecule has 1 aromatic carbocycles. The first-order valence-electron chi connectivity index (χ1n) is 11.7. The molecule has 0 bridgehead atoms. The van der Waals surface area contributed by atoms with E-state index in [4.69, 9.17) is 14.2 Å². The highest BCUT2D eigenvalue weighted by Gasteiger charge is 2.23. The summed E-state index contributed by atoms with van der Waals surface area (Å²) >= 11 is 0. The Hall–Kier alpha value is -3.27. The summed E-state index contributed by atoms with van der Waals surface area (Å²) in [6.07, 6.45) is 0.0973. The summed E-state index contributed by atoms with van der Waals surface area (Å²) in [5.41, 5.74) is 4.64. The molecule has 1 aromatic heterocycles. The summed E-state index contributed by atoms with van der Waals surface area (Å²) in [6.45, 7) is 16.8. The molecule has 1 atom stereocenters. The number of aryl methyl sites for hydroxylation is 2. The summed E-state index contributed by atoms with van der Waals surface area (Å²) in [7, 11) is 0. The van der Waals surface area contributed by atoms with Crippen LogP contribution in [0.3, 0.4) is 0 Å². The molecular formula is C27H37N3O4. The first-order chi connectivity index (χ1) is 16.0. The van der Waals surface area contributed by atoms with Crippen molar-refractivity contribution in [3.63, 3.8) is 0 Å². The monoisotopic (exact) mass is 467 g/mol. The highest BCUT2D eigenvalue weighted by atomic mass is 16.8. The lowest BCUT2D eigenvalue weighted by molar-refractivity contribution is -0.0104. The molecule has 0 saturated heterocycles. The number of ether oxygens (including phenoxy) is 3. The van der Waals surface area contributed by atoms with E-state index in [-0.39, 0.29) is 24.7 Å². The number of rotatable bonds is 9. The zero-order valence-corrected chi connectivity index (χ0v) is 21.7. The average molecular weight is 468 g/mol.